The van der Waals surface area contributed by atoms with Crippen molar-refractivity contribution in [2.24, 2.45) is 0 Å². The number of fused-ring (bicyclic) bond motifs is 2. The molecule has 0 saturated heterocycles. The second kappa shape index (κ2) is 9.53. The van der Waals surface area contributed by atoms with Gasteiger partial charge in [0, 0.05) is 10.8 Å². The zero-order valence-corrected chi connectivity index (χ0v) is 20.0. The zero-order valence-electron chi connectivity index (χ0n) is 18.4. The normalized spacial score (nSPS) is 10.8. The van der Waals surface area contributed by atoms with Gasteiger partial charge in [0.25, 0.3) is 0 Å². The van der Waals surface area contributed by atoms with Crippen molar-refractivity contribution in [2.45, 2.75) is 40.5 Å². The highest BCUT2D eigenvalue weighted by molar-refractivity contribution is 9.10. The van der Waals surface area contributed by atoms with Crippen molar-refractivity contribution in [3.63, 3.8) is 0 Å². The van der Waals surface area contributed by atoms with Crippen LogP contribution in [0.4, 0.5) is 0 Å². The molecule has 0 amide bonds. The predicted molar refractivity (Wildman–Crippen MR) is 130 cm³/mol. The maximum Gasteiger partial charge on any atom is 0.340 e. The molecule has 2 aromatic heterocycles. The molecule has 2 aromatic carbocycles. The number of aromatic nitrogens is 2. The summed E-state index contributed by atoms with van der Waals surface area (Å²) in [4.78, 5) is 19.9. The summed E-state index contributed by atoms with van der Waals surface area (Å²) in [6, 6.07) is 11.4. The number of aromatic hydroxyl groups is 2. The Morgan fingerprint density at radius 2 is 1.31 bits per heavy atom. The number of carbonyl (C=O) groups is 1. The van der Waals surface area contributed by atoms with Crippen LogP contribution in [0.5, 0.6) is 11.5 Å². The van der Waals surface area contributed by atoms with E-state index in [1.54, 1.807) is 12.1 Å². The molecule has 0 saturated carbocycles. The molecule has 4 aromatic rings. The first-order valence-electron chi connectivity index (χ1n) is 10.3. The summed E-state index contributed by atoms with van der Waals surface area (Å²) in [6.45, 7) is 7.70. The molecule has 0 aliphatic carbocycles. The van der Waals surface area contributed by atoms with Crippen LogP contribution >= 0.6 is 15.9 Å². The number of aryl methyl sites for hydroxylation is 4. The molecule has 166 valence electrons. The number of nitrogens with zero attached hydrogens (tertiary/aromatic N) is 2. The van der Waals surface area contributed by atoms with Gasteiger partial charge in [-0.05, 0) is 66.9 Å². The summed E-state index contributed by atoms with van der Waals surface area (Å²) < 4.78 is 0.744. The summed E-state index contributed by atoms with van der Waals surface area (Å²) in [5.41, 5.74) is 4.71. The number of pyridine rings is 2. The second-order valence-corrected chi connectivity index (χ2v) is 8.35. The molecule has 0 spiro atoms. The second-order valence-electron chi connectivity index (χ2n) is 7.56. The summed E-state index contributed by atoms with van der Waals surface area (Å²) >= 11 is 3.42. The highest BCUT2D eigenvalue weighted by Crippen LogP contribution is 2.34. The van der Waals surface area contributed by atoms with Gasteiger partial charge in [-0.3, -0.25) is 0 Å². The first-order valence-corrected chi connectivity index (χ1v) is 11.1. The van der Waals surface area contributed by atoms with E-state index in [1.807, 2.05) is 52.0 Å². The van der Waals surface area contributed by atoms with Gasteiger partial charge in [0.2, 0.25) is 0 Å². The lowest BCUT2D eigenvalue weighted by molar-refractivity contribution is 0.0695. The van der Waals surface area contributed by atoms with Crippen molar-refractivity contribution in [1.29, 1.82) is 0 Å². The van der Waals surface area contributed by atoms with Crippen molar-refractivity contribution in [3.8, 4) is 11.5 Å². The predicted octanol–water partition coefficient (Wildman–Crippen LogP) is 6.08. The van der Waals surface area contributed by atoms with Crippen molar-refractivity contribution in [3.05, 3.63) is 68.9 Å². The fourth-order valence-electron chi connectivity index (χ4n) is 3.50. The fourth-order valence-corrected chi connectivity index (χ4v) is 4.05. The van der Waals surface area contributed by atoms with Gasteiger partial charge in [0.1, 0.15) is 5.56 Å². The molecule has 0 unspecified atom stereocenters. The molecule has 6 nitrogen and oxygen atoms in total. The number of rotatable bonds is 3. The summed E-state index contributed by atoms with van der Waals surface area (Å²) in [5, 5.41) is 30.4. The maximum atomic E-state index is 11.2. The standard InChI is InChI=1S/C13H13NO3.C12H12BrNO/c1-3-9-12(15)11(13(16)17)8-6-7(2)4-5-10(8)14-9;1-3-9-12(15)11(13)8-6-7(2)4-5-10(8)14-9/h4-6,15H,3H2,1-2H3,(H,16,17);4-6,15H,3H2,1-2H3. The number of aromatic carboxylic acids is 1. The highest BCUT2D eigenvalue weighted by Gasteiger charge is 2.18. The van der Waals surface area contributed by atoms with E-state index in [0.29, 0.717) is 23.0 Å². The number of hydrogen-bond acceptors (Lipinski definition) is 5. The molecule has 2 heterocycles. The minimum Gasteiger partial charge on any atom is -0.505 e. The van der Waals surface area contributed by atoms with E-state index >= 15 is 0 Å². The van der Waals surface area contributed by atoms with Crippen LogP contribution in [0.1, 0.15) is 46.7 Å². The molecule has 0 aliphatic heterocycles. The smallest absolute Gasteiger partial charge is 0.340 e. The van der Waals surface area contributed by atoms with E-state index in [0.717, 1.165) is 38.6 Å². The number of benzene rings is 2. The van der Waals surface area contributed by atoms with Crippen LogP contribution in [0.3, 0.4) is 0 Å². The number of carboxylic acids is 1. The van der Waals surface area contributed by atoms with Crippen molar-refractivity contribution in [1.82, 2.24) is 9.97 Å². The summed E-state index contributed by atoms with van der Waals surface area (Å²) in [6.07, 6.45) is 1.23. The first-order chi connectivity index (χ1) is 15.2. The van der Waals surface area contributed by atoms with Crippen LogP contribution in [0, 0.1) is 13.8 Å². The molecule has 4 rings (SSSR count). The van der Waals surface area contributed by atoms with Gasteiger partial charge in [0.05, 0.1) is 26.9 Å². The van der Waals surface area contributed by atoms with E-state index in [2.05, 4.69) is 25.9 Å². The summed E-state index contributed by atoms with van der Waals surface area (Å²) in [5.74, 6) is -1.09. The molecule has 7 heteroatoms. The minimum atomic E-state index is -1.13. The van der Waals surface area contributed by atoms with Gasteiger partial charge in [-0.1, -0.05) is 37.1 Å². The van der Waals surface area contributed by atoms with Crippen LogP contribution < -0.4 is 0 Å². The Morgan fingerprint density at radius 1 is 0.844 bits per heavy atom. The van der Waals surface area contributed by atoms with E-state index in [9.17, 15) is 20.1 Å². The molecular formula is C25H25BrN2O4. The van der Waals surface area contributed by atoms with Crippen LogP contribution in [-0.4, -0.2) is 31.3 Å². The molecule has 3 N–H and O–H groups in total. The minimum absolute atomic E-state index is 0.0597. The average molecular weight is 497 g/mol. The molecule has 0 radical (unpaired) electrons. The monoisotopic (exact) mass is 496 g/mol. The highest BCUT2D eigenvalue weighted by atomic mass is 79.9. The third kappa shape index (κ3) is 4.53. The Bertz CT molecular complexity index is 1340. The lowest BCUT2D eigenvalue weighted by Crippen LogP contribution is -2.03. The zero-order chi connectivity index (χ0) is 23.6. The Hall–Kier alpha value is -3.19. The van der Waals surface area contributed by atoms with Crippen LogP contribution in [0.25, 0.3) is 21.8 Å². The Morgan fingerprint density at radius 3 is 1.81 bits per heavy atom. The van der Waals surface area contributed by atoms with Gasteiger partial charge in [0.15, 0.2) is 11.5 Å². The molecule has 0 bridgehead atoms. The van der Waals surface area contributed by atoms with Crippen molar-refractivity contribution >= 4 is 43.7 Å². The van der Waals surface area contributed by atoms with E-state index < -0.39 is 5.97 Å². The lowest BCUT2D eigenvalue weighted by atomic mass is 10.0. The van der Waals surface area contributed by atoms with Crippen LogP contribution in [0.15, 0.2) is 40.9 Å². The topological polar surface area (TPSA) is 104 Å². The van der Waals surface area contributed by atoms with Crippen molar-refractivity contribution < 1.29 is 20.1 Å². The van der Waals surface area contributed by atoms with Gasteiger partial charge < -0.3 is 15.3 Å². The maximum absolute atomic E-state index is 11.2. The van der Waals surface area contributed by atoms with E-state index in [-0.39, 0.29) is 17.1 Å². The quantitative estimate of drug-likeness (QED) is 0.317. The molecule has 0 fully saturated rings. The third-order valence-electron chi connectivity index (χ3n) is 5.20. The SMILES string of the molecule is CCc1nc2ccc(C)cc2c(Br)c1O.CCc1nc2ccc(C)cc2c(C(=O)O)c1O. The Kier molecular flexibility index (Phi) is 6.99. The number of carboxylic acid groups (broad SMARTS) is 1. The lowest BCUT2D eigenvalue weighted by Gasteiger charge is -2.09. The van der Waals surface area contributed by atoms with Gasteiger partial charge in [-0.2, -0.15) is 0 Å². The molecular weight excluding hydrogens is 472 g/mol. The van der Waals surface area contributed by atoms with E-state index in [1.165, 1.54) is 0 Å². The number of hydrogen-bond donors (Lipinski definition) is 3. The Labute approximate surface area is 194 Å². The van der Waals surface area contributed by atoms with Crippen molar-refractivity contribution in [2.75, 3.05) is 0 Å². The van der Waals surface area contributed by atoms with Gasteiger partial charge in [-0.15, -0.1) is 0 Å². The average Bonchev–Trinajstić information content (AvgIpc) is 2.76. The van der Waals surface area contributed by atoms with Crippen LogP contribution in [0.2, 0.25) is 0 Å². The first kappa shape index (κ1) is 23.5. The summed E-state index contributed by atoms with van der Waals surface area (Å²) in [7, 11) is 0. The molecule has 0 aliphatic rings. The van der Waals surface area contributed by atoms with Crippen LogP contribution in [-0.2, 0) is 12.8 Å². The fraction of sp³-hybridized carbons (Fsp3) is 0.240. The van der Waals surface area contributed by atoms with Gasteiger partial charge in [-0.25, -0.2) is 14.8 Å². The largest absolute Gasteiger partial charge is 0.505 e. The number of halogens is 1. The third-order valence-corrected chi connectivity index (χ3v) is 6.00. The molecule has 32 heavy (non-hydrogen) atoms. The van der Waals surface area contributed by atoms with E-state index in [4.69, 9.17) is 0 Å². The van der Waals surface area contributed by atoms with Gasteiger partial charge >= 0.3 is 5.97 Å². The molecule has 0 atom stereocenters. The Balaban J connectivity index is 0.000000182.